The van der Waals surface area contributed by atoms with Crippen molar-refractivity contribution in [2.75, 3.05) is 13.2 Å². The van der Waals surface area contributed by atoms with E-state index in [0.717, 1.165) is 38.5 Å². The van der Waals surface area contributed by atoms with Crippen LogP contribution in [0, 0.1) is 0 Å². The van der Waals surface area contributed by atoms with Crippen LogP contribution in [0.15, 0.2) is 0 Å². The Hall–Kier alpha value is -0.120. The lowest BCUT2D eigenvalue weighted by atomic mass is 10.0. The summed E-state index contributed by atoms with van der Waals surface area (Å²) in [5, 5.41) is 27.3. The Morgan fingerprint density at radius 1 is 0.391 bits per heavy atom. The number of aliphatic hydroxyl groups is 3. The molecule has 23 heavy (non-hydrogen) atoms. The fraction of sp³-hybridized carbons (Fsp3) is 1.00. The van der Waals surface area contributed by atoms with Crippen LogP contribution in [0.3, 0.4) is 0 Å². The van der Waals surface area contributed by atoms with Crippen LogP contribution in [-0.2, 0) is 0 Å². The summed E-state index contributed by atoms with van der Waals surface area (Å²) in [5.74, 6) is 0. The molecule has 0 aliphatic carbocycles. The number of rotatable bonds is 19. The van der Waals surface area contributed by atoms with Gasteiger partial charge < -0.3 is 15.3 Å². The summed E-state index contributed by atoms with van der Waals surface area (Å²) < 4.78 is 0. The van der Waals surface area contributed by atoms with Gasteiger partial charge in [0.05, 0.1) is 6.10 Å². The average molecular weight is 331 g/mol. The monoisotopic (exact) mass is 330 g/mol. The third kappa shape index (κ3) is 19.8. The molecule has 0 aromatic heterocycles. The van der Waals surface area contributed by atoms with E-state index in [-0.39, 0.29) is 6.10 Å². The van der Waals surface area contributed by atoms with Gasteiger partial charge in [-0.3, -0.25) is 0 Å². The lowest BCUT2D eigenvalue weighted by Gasteiger charge is -2.10. The average Bonchev–Trinajstić information content (AvgIpc) is 2.55. The van der Waals surface area contributed by atoms with Gasteiger partial charge in [0.15, 0.2) is 0 Å². The van der Waals surface area contributed by atoms with Gasteiger partial charge in [-0.05, 0) is 25.7 Å². The quantitative estimate of drug-likeness (QED) is 0.293. The fourth-order valence-corrected chi connectivity index (χ4v) is 3.07. The third-order valence-electron chi connectivity index (χ3n) is 4.64. The summed E-state index contributed by atoms with van der Waals surface area (Å²) in [6.07, 6.45) is 19.8. The second-order valence-electron chi connectivity index (χ2n) is 6.98. The molecule has 0 aromatic carbocycles. The van der Waals surface area contributed by atoms with E-state index in [1.165, 1.54) is 70.6 Å². The highest BCUT2D eigenvalue weighted by molar-refractivity contribution is 4.57. The lowest BCUT2D eigenvalue weighted by molar-refractivity contribution is 0.147. The minimum Gasteiger partial charge on any atom is -0.396 e. The van der Waals surface area contributed by atoms with Crippen LogP contribution in [0.25, 0.3) is 0 Å². The molecule has 0 rings (SSSR count). The predicted molar refractivity (Wildman–Crippen MR) is 98.7 cm³/mol. The molecular weight excluding hydrogens is 288 g/mol. The van der Waals surface area contributed by atoms with Crippen molar-refractivity contribution in [2.45, 2.75) is 115 Å². The molecule has 0 saturated heterocycles. The molecule has 0 heterocycles. The Morgan fingerprint density at radius 3 is 0.957 bits per heavy atom. The second kappa shape index (κ2) is 19.9. The topological polar surface area (TPSA) is 60.7 Å². The standard InChI is InChI=1S/C20H42O3/c21-18-14-10-6-3-1-2-4-8-12-16-20(23)17-13-9-5-7-11-15-19-22/h20-23H,1-19H2. The molecule has 0 amide bonds. The molecule has 0 spiro atoms. The van der Waals surface area contributed by atoms with Gasteiger partial charge in [-0.2, -0.15) is 0 Å². The van der Waals surface area contributed by atoms with E-state index in [1.807, 2.05) is 0 Å². The molecule has 0 radical (unpaired) electrons. The van der Waals surface area contributed by atoms with Gasteiger partial charge in [-0.1, -0.05) is 83.5 Å². The lowest BCUT2D eigenvalue weighted by Crippen LogP contribution is -2.05. The Balaban J connectivity index is 3.11. The molecule has 3 N–H and O–H groups in total. The number of hydrogen-bond acceptors (Lipinski definition) is 3. The van der Waals surface area contributed by atoms with Crippen molar-refractivity contribution in [3.8, 4) is 0 Å². The van der Waals surface area contributed by atoms with Gasteiger partial charge in [-0.15, -0.1) is 0 Å². The molecule has 3 heteroatoms. The molecule has 0 aliphatic heterocycles. The molecular formula is C20H42O3. The van der Waals surface area contributed by atoms with E-state index < -0.39 is 0 Å². The van der Waals surface area contributed by atoms with Crippen LogP contribution >= 0.6 is 0 Å². The van der Waals surface area contributed by atoms with E-state index in [2.05, 4.69) is 0 Å². The number of aliphatic hydroxyl groups excluding tert-OH is 3. The van der Waals surface area contributed by atoms with Gasteiger partial charge in [0.2, 0.25) is 0 Å². The first-order valence-corrected chi connectivity index (χ1v) is 10.2. The van der Waals surface area contributed by atoms with Crippen LogP contribution in [0.4, 0.5) is 0 Å². The van der Waals surface area contributed by atoms with Gasteiger partial charge >= 0.3 is 0 Å². The van der Waals surface area contributed by atoms with E-state index in [9.17, 15) is 5.11 Å². The van der Waals surface area contributed by atoms with Crippen molar-refractivity contribution in [2.24, 2.45) is 0 Å². The largest absolute Gasteiger partial charge is 0.396 e. The van der Waals surface area contributed by atoms with Crippen LogP contribution in [0.2, 0.25) is 0 Å². The highest BCUT2D eigenvalue weighted by atomic mass is 16.3. The Morgan fingerprint density at radius 2 is 0.652 bits per heavy atom. The summed E-state index contributed by atoms with van der Waals surface area (Å²) >= 11 is 0. The van der Waals surface area contributed by atoms with Crippen molar-refractivity contribution in [1.82, 2.24) is 0 Å². The van der Waals surface area contributed by atoms with E-state index in [0.29, 0.717) is 13.2 Å². The number of unbranched alkanes of at least 4 members (excludes halogenated alkanes) is 13. The summed E-state index contributed by atoms with van der Waals surface area (Å²) in [5.41, 5.74) is 0. The van der Waals surface area contributed by atoms with Crippen LogP contribution in [-0.4, -0.2) is 34.6 Å². The number of hydrogen-bond donors (Lipinski definition) is 3. The molecule has 3 nitrogen and oxygen atoms in total. The van der Waals surface area contributed by atoms with Crippen LogP contribution in [0.1, 0.15) is 109 Å². The van der Waals surface area contributed by atoms with Crippen LogP contribution < -0.4 is 0 Å². The van der Waals surface area contributed by atoms with E-state index in [4.69, 9.17) is 10.2 Å². The molecule has 0 aromatic rings. The van der Waals surface area contributed by atoms with Gasteiger partial charge in [0.25, 0.3) is 0 Å². The van der Waals surface area contributed by atoms with Crippen molar-refractivity contribution in [1.29, 1.82) is 0 Å². The van der Waals surface area contributed by atoms with Crippen molar-refractivity contribution < 1.29 is 15.3 Å². The first-order valence-electron chi connectivity index (χ1n) is 10.2. The van der Waals surface area contributed by atoms with Gasteiger partial charge in [-0.25, -0.2) is 0 Å². The summed E-state index contributed by atoms with van der Waals surface area (Å²) in [6.45, 7) is 0.661. The zero-order valence-corrected chi connectivity index (χ0v) is 15.4. The van der Waals surface area contributed by atoms with Crippen molar-refractivity contribution >= 4 is 0 Å². The van der Waals surface area contributed by atoms with Crippen molar-refractivity contribution in [3.63, 3.8) is 0 Å². The van der Waals surface area contributed by atoms with E-state index in [1.54, 1.807) is 0 Å². The van der Waals surface area contributed by atoms with Crippen molar-refractivity contribution in [3.05, 3.63) is 0 Å². The van der Waals surface area contributed by atoms with Gasteiger partial charge in [0.1, 0.15) is 0 Å². The second-order valence-corrected chi connectivity index (χ2v) is 6.98. The molecule has 1 atom stereocenters. The molecule has 0 fully saturated rings. The Bertz CT molecular complexity index is 209. The minimum atomic E-state index is -0.0917. The SMILES string of the molecule is OCCCCCCCCCCCC(O)CCCCCCCCO. The van der Waals surface area contributed by atoms with Gasteiger partial charge in [0, 0.05) is 13.2 Å². The smallest absolute Gasteiger partial charge is 0.0540 e. The zero-order valence-electron chi connectivity index (χ0n) is 15.4. The normalized spacial score (nSPS) is 12.7. The maximum atomic E-state index is 9.96. The van der Waals surface area contributed by atoms with E-state index >= 15 is 0 Å². The fourth-order valence-electron chi connectivity index (χ4n) is 3.07. The minimum absolute atomic E-state index is 0.0917. The molecule has 1 unspecified atom stereocenters. The molecule has 0 bridgehead atoms. The summed E-state index contributed by atoms with van der Waals surface area (Å²) in [6, 6.07) is 0. The highest BCUT2D eigenvalue weighted by Crippen LogP contribution is 2.14. The Labute approximate surface area is 144 Å². The molecule has 140 valence electrons. The molecule has 0 saturated carbocycles. The maximum absolute atomic E-state index is 9.96. The first-order chi connectivity index (χ1) is 11.3. The van der Waals surface area contributed by atoms with Crippen LogP contribution in [0.5, 0.6) is 0 Å². The highest BCUT2D eigenvalue weighted by Gasteiger charge is 2.03. The maximum Gasteiger partial charge on any atom is 0.0540 e. The summed E-state index contributed by atoms with van der Waals surface area (Å²) in [4.78, 5) is 0. The first kappa shape index (κ1) is 22.9. The Kier molecular flexibility index (Phi) is 19.8. The zero-order chi connectivity index (χ0) is 17.0. The molecule has 0 aliphatic rings. The third-order valence-corrected chi connectivity index (χ3v) is 4.64. The predicted octanol–water partition coefficient (Wildman–Crippen LogP) is 4.96. The summed E-state index contributed by atoms with van der Waals surface area (Å²) in [7, 11) is 0.